The summed E-state index contributed by atoms with van der Waals surface area (Å²) in [6.07, 6.45) is 3.80. The molecule has 1 atom stereocenters. The van der Waals surface area contributed by atoms with Crippen LogP contribution in [0, 0.1) is 5.92 Å². The van der Waals surface area contributed by atoms with Gasteiger partial charge in [-0.05, 0) is 43.8 Å². The molecule has 0 amide bonds. The number of nitrogens with zero attached hydrogens (tertiary/aromatic N) is 1. The number of hydrogen-bond acceptors (Lipinski definition) is 2. The quantitative estimate of drug-likeness (QED) is 0.856. The number of benzene rings is 1. The van der Waals surface area contributed by atoms with Crippen LogP contribution in [0.1, 0.15) is 39.2 Å². The van der Waals surface area contributed by atoms with Gasteiger partial charge in [0, 0.05) is 18.6 Å². The monoisotopic (exact) mass is 274 g/mol. The van der Waals surface area contributed by atoms with Crippen LogP contribution in [0.5, 0.6) is 0 Å². The van der Waals surface area contributed by atoms with Crippen molar-refractivity contribution in [3.05, 3.63) is 35.9 Å². The second-order valence-corrected chi connectivity index (χ2v) is 6.69. The summed E-state index contributed by atoms with van der Waals surface area (Å²) in [4.78, 5) is 2.64. The van der Waals surface area contributed by atoms with E-state index in [1.807, 2.05) is 0 Å². The molecule has 1 fully saturated rings. The van der Waals surface area contributed by atoms with Gasteiger partial charge in [-0.15, -0.1) is 0 Å². The predicted molar refractivity (Wildman–Crippen MR) is 87.0 cm³/mol. The van der Waals surface area contributed by atoms with Gasteiger partial charge in [-0.2, -0.15) is 0 Å². The lowest BCUT2D eigenvalue weighted by atomic mass is 9.98. The number of nitrogens with one attached hydrogen (secondary N) is 1. The van der Waals surface area contributed by atoms with Crippen LogP contribution in [-0.4, -0.2) is 36.6 Å². The van der Waals surface area contributed by atoms with Crippen LogP contribution in [0.3, 0.4) is 0 Å². The molecular weight excluding hydrogens is 244 g/mol. The highest BCUT2D eigenvalue weighted by molar-refractivity contribution is 5.15. The van der Waals surface area contributed by atoms with Gasteiger partial charge in [-0.25, -0.2) is 0 Å². The Morgan fingerprint density at radius 1 is 1.10 bits per heavy atom. The lowest BCUT2D eigenvalue weighted by Gasteiger charge is -2.34. The average molecular weight is 274 g/mol. The zero-order valence-corrected chi connectivity index (χ0v) is 13.3. The summed E-state index contributed by atoms with van der Waals surface area (Å²) >= 11 is 0. The highest BCUT2D eigenvalue weighted by Crippen LogP contribution is 2.15. The van der Waals surface area contributed by atoms with Crippen LogP contribution in [-0.2, 0) is 6.42 Å². The van der Waals surface area contributed by atoms with Crippen molar-refractivity contribution in [3.8, 4) is 0 Å². The first-order valence-corrected chi connectivity index (χ1v) is 8.16. The normalized spacial score (nSPS) is 19.4. The Morgan fingerprint density at radius 2 is 1.75 bits per heavy atom. The van der Waals surface area contributed by atoms with Crippen molar-refractivity contribution in [1.82, 2.24) is 10.2 Å². The molecule has 1 aromatic rings. The van der Waals surface area contributed by atoms with Gasteiger partial charge in [0.05, 0.1) is 0 Å². The van der Waals surface area contributed by atoms with Crippen LogP contribution >= 0.6 is 0 Å². The van der Waals surface area contributed by atoms with Crippen molar-refractivity contribution >= 4 is 0 Å². The molecular formula is C18H30N2. The first kappa shape index (κ1) is 15.5. The van der Waals surface area contributed by atoms with E-state index in [-0.39, 0.29) is 0 Å². The van der Waals surface area contributed by atoms with Crippen molar-refractivity contribution < 1.29 is 0 Å². The number of likely N-dealkylation sites (tertiary alicyclic amines) is 1. The standard InChI is InChI=1S/C18H30N2/c1-15(2)19-18-9-11-20(12-10-18)14-16(3)13-17-7-5-4-6-8-17/h4-8,15-16,18-19H,9-14H2,1-3H3. The minimum atomic E-state index is 0.614. The molecule has 20 heavy (non-hydrogen) atoms. The van der Waals surface area contributed by atoms with Gasteiger partial charge in [0.1, 0.15) is 0 Å². The molecule has 2 nitrogen and oxygen atoms in total. The van der Waals surface area contributed by atoms with Crippen molar-refractivity contribution in [2.75, 3.05) is 19.6 Å². The molecule has 0 saturated carbocycles. The topological polar surface area (TPSA) is 15.3 Å². The maximum Gasteiger partial charge on any atom is 0.00937 e. The van der Waals surface area contributed by atoms with E-state index >= 15 is 0 Å². The first-order chi connectivity index (χ1) is 9.63. The molecule has 0 bridgehead atoms. The maximum absolute atomic E-state index is 3.67. The minimum absolute atomic E-state index is 0.614. The molecule has 0 aromatic heterocycles. The van der Waals surface area contributed by atoms with E-state index in [1.54, 1.807) is 0 Å². The summed E-state index contributed by atoms with van der Waals surface area (Å²) in [5, 5.41) is 3.67. The summed E-state index contributed by atoms with van der Waals surface area (Å²) < 4.78 is 0. The summed E-state index contributed by atoms with van der Waals surface area (Å²) in [5.74, 6) is 0.743. The maximum atomic E-state index is 3.67. The van der Waals surface area contributed by atoms with E-state index in [1.165, 1.54) is 44.5 Å². The minimum Gasteiger partial charge on any atom is -0.312 e. The molecule has 1 unspecified atom stereocenters. The second-order valence-electron chi connectivity index (χ2n) is 6.69. The van der Waals surface area contributed by atoms with E-state index in [9.17, 15) is 0 Å². The summed E-state index contributed by atoms with van der Waals surface area (Å²) in [5.41, 5.74) is 1.47. The van der Waals surface area contributed by atoms with Crippen molar-refractivity contribution in [2.45, 2.75) is 52.1 Å². The van der Waals surface area contributed by atoms with Gasteiger partial charge in [0.15, 0.2) is 0 Å². The number of rotatable bonds is 6. The van der Waals surface area contributed by atoms with E-state index in [2.05, 4.69) is 61.3 Å². The Bertz CT molecular complexity index is 366. The van der Waals surface area contributed by atoms with E-state index in [0.29, 0.717) is 6.04 Å². The molecule has 1 saturated heterocycles. The van der Waals surface area contributed by atoms with Gasteiger partial charge >= 0.3 is 0 Å². The molecule has 0 radical (unpaired) electrons. The van der Waals surface area contributed by atoms with E-state index in [4.69, 9.17) is 0 Å². The highest BCUT2D eigenvalue weighted by Gasteiger charge is 2.20. The summed E-state index contributed by atoms with van der Waals surface area (Å²) in [7, 11) is 0. The van der Waals surface area contributed by atoms with Crippen LogP contribution in [0.4, 0.5) is 0 Å². The Morgan fingerprint density at radius 3 is 2.35 bits per heavy atom. The smallest absolute Gasteiger partial charge is 0.00937 e. The number of hydrogen-bond donors (Lipinski definition) is 1. The summed E-state index contributed by atoms with van der Waals surface area (Å²) in [6, 6.07) is 12.2. The third-order valence-corrected chi connectivity index (χ3v) is 4.15. The molecule has 1 aliphatic heterocycles. The zero-order chi connectivity index (χ0) is 14.4. The van der Waals surface area contributed by atoms with Crippen LogP contribution in [0.15, 0.2) is 30.3 Å². The third kappa shape index (κ3) is 5.26. The Hall–Kier alpha value is -0.860. The second kappa shape index (κ2) is 7.80. The van der Waals surface area contributed by atoms with Gasteiger partial charge in [-0.1, -0.05) is 51.1 Å². The van der Waals surface area contributed by atoms with Crippen LogP contribution < -0.4 is 5.32 Å². The fourth-order valence-corrected chi connectivity index (χ4v) is 3.28. The molecule has 112 valence electrons. The van der Waals surface area contributed by atoms with Crippen LogP contribution in [0.2, 0.25) is 0 Å². The SMILES string of the molecule is CC(Cc1ccccc1)CN1CCC(NC(C)C)CC1. The molecule has 1 aliphatic rings. The number of piperidine rings is 1. The lowest BCUT2D eigenvalue weighted by Crippen LogP contribution is -2.45. The largest absolute Gasteiger partial charge is 0.312 e. The highest BCUT2D eigenvalue weighted by atomic mass is 15.1. The Balaban J connectivity index is 1.70. The van der Waals surface area contributed by atoms with Gasteiger partial charge in [-0.3, -0.25) is 0 Å². The zero-order valence-electron chi connectivity index (χ0n) is 13.3. The van der Waals surface area contributed by atoms with Crippen molar-refractivity contribution in [1.29, 1.82) is 0 Å². The molecule has 2 rings (SSSR count). The lowest BCUT2D eigenvalue weighted by molar-refractivity contribution is 0.172. The molecule has 1 N–H and O–H groups in total. The molecule has 1 heterocycles. The first-order valence-electron chi connectivity index (χ1n) is 8.16. The van der Waals surface area contributed by atoms with Crippen molar-refractivity contribution in [2.24, 2.45) is 5.92 Å². The van der Waals surface area contributed by atoms with Gasteiger partial charge < -0.3 is 10.2 Å². The van der Waals surface area contributed by atoms with E-state index in [0.717, 1.165) is 12.0 Å². The fourth-order valence-electron chi connectivity index (χ4n) is 3.28. The Labute approximate surface area is 124 Å². The van der Waals surface area contributed by atoms with E-state index < -0.39 is 0 Å². The van der Waals surface area contributed by atoms with Gasteiger partial charge in [0.25, 0.3) is 0 Å². The summed E-state index contributed by atoms with van der Waals surface area (Å²) in [6.45, 7) is 10.6. The molecule has 2 heteroatoms. The van der Waals surface area contributed by atoms with Crippen LogP contribution in [0.25, 0.3) is 0 Å². The molecule has 0 aliphatic carbocycles. The average Bonchev–Trinajstić information content (AvgIpc) is 2.41. The van der Waals surface area contributed by atoms with Crippen molar-refractivity contribution in [3.63, 3.8) is 0 Å². The predicted octanol–water partition coefficient (Wildman–Crippen LogP) is 3.33. The fraction of sp³-hybridized carbons (Fsp3) is 0.667. The molecule has 1 aromatic carbocycles. The molecule has 0 spiro atoms. The Kier molecular flexibility index (Phi) is 6.06. The third-order valence-electron chi connectivity index (χ3n) is 4.15. The van der Waals surface area contributed by atoms with Gasteiger partial charge in [0.2, 0.25) is 0 Å².